The Balaban J connectivity index is 2.37. The number of nitrogens with one attached hydrogen (secondary N) is 1. The molecule has 0 amide bonds. The zero-order valence-corrected chi connectivity index (χ0v) is 9.44. The number of hydrogen-bond donors (Lipinski definition) is 2. The van der Waals surface area contributed by atoms with E-state index in [4.69, 9.17) is 15.1 Å². The summed E-state index contributed by atoms with van der Waals surface area (Å²) in [5.74, 6) is 0.474. The average Bonchev–Trinajstić information content (AvgIpc) is 2.78. The summed E-state index contributed by atoms with van der Waals surface area (Å²) in [6.07, 6.45) is 0.597. The molecule has 0 aromatic carbocycles. The summed E-state index contributed by atoms with van der Waals surface area (Å²) in [5.41, 5.74) is -1.87. The van der Waals surface area contributed by atoms with E-state index < -0.39 is 17.5 Å². The van der Waals surface area contributed by atoms with Crippen LogP contribution in [0.5, 0.6) is 0 Å². The van der Waals surface area contributed by atoms with Crippen LogP contribution in [0.3, 0.4) is 0 Å². The highest BCUT2D eigenvalue weighted by atomic mass is 32.2. The second-order valence-corrected chi connectivity index (χ2v) is 4.55. The van der Waals surface area contributed by atoms with Crippen molar-refractivity contribution in [3.05, 3.63) is 32.6 Å². The fourth-order valence-corrected chi connectivity index (χ4v) is 2.39. The Morgan fingerprint density at radius 1 is 1.71 bits per heavy atom. The number of aliphatic hydroxyl groups excluding tert-OH is 1. The van der Waals surface area contributed by atoms with E-state index in [9.17, 15) is 9.59 Å². The quantitative estimate of drug-likeness (QED) is 0.701. The number of thioether (sulfide) groups is 1. The molecule has 0 saturated carbocycles. The van der Waals surface area contributed by atoms with Crippen LogP contribution in [0.25, 0.3) is 0 Å². The number of H-pyrrole nitrogens is 1. The SMILES string of the molecule is N#Cc1cn([C@H]2CS[C@@H](CO)O2)c(=O)[nH]c1=O. The Morgan fingerprint density at radius 3 is 3.06 bits per heavy atom. The third-order valence-corrected chi connectivity index (χ3v) is 3.39. The lowest BCUT2D eigenvalue weighted by Gasteiger charge is -2.13. The van der Waals surface area contributed by atoms with Gasteiger partial charge in [-0.05, 0) is 0 Å². The first-order valence-corrected chi connectivity index (χ1v) is 5.84. The first-order valence-electron chi connectivity index (χ1n) is 4.79. The molecule has 0 bridgehead atoms. The number of aromatic nitrogens is 2. The monoisotopic (exact) mass is 255 g/mol. The molecular weight excluding hydrogens is 246 g/mol. The fraction of sp³-hybridized carbons (Fsp3) is 0.444. The Kier molecular flexibility index (Phi) is 3.33. The van der Waals surface area contributed by atoms with Crippen molar-refractivity contribution < 1.29 is 9.84 Å². The fourth-order valence-electron chi connectivity index (χ4n) is 1.46. The molecular formula is C9H9N3O4S. The van der Waals surface area contributed by atoms with E-state index in [2.05, 4.69) is 0 Å². The summed E-state index contributed by atoms with van der Waals surface area (Å²) in [6, 6.07) is 1.70. The van der Waals surface area contributed by atoms with Gasteiger partial charge in [0.05, 0.1) is 6.61 Å². The molecule has 1 fully saturated rings. The van der Waals surface area contributed by atoms with Crippen LogP contribution in [0.15, 0.2) is 15.8 Å². The van der Waals surface area contributed by atoms with Crippen LogP contribution < -0.4 is 11.2 Å². The predicted molar refractivity (Wildman–Crippen MR) is 59.5 cm³/mol. The van der Waals surface area contributed by atoms with E-state index in [-0.39, 0.29) is 17.6 Å². The number of nitrogens with zero attached hydrogens (tertiary/aromatic N) is 2. The highest BCUT2D eigenvalue weighted by Crippen LogP contribution is 2.30. The van der Waals surface area contributed by atoms with Crippen LogP contribution in [0.2, 0.25) is 0 Å². The van der Waals surface area contributed by atoms with Gasteiger partial charge in [-0.25, -0.2) is 4.79 Å². The van der Waals surface area contributed by atoms with Crippen molar-refractivity contribution in [2.75, 3.05) is 12.4 Å². The lowest BCUT2D eigenvalue weighted by Crippen LogP contribution is -2.34. The van der Waals surface area contributed by atoms with Gasteiger partial charge in [0.2, 0.25) is 0 Å². The normalized spacial score (nSPS) is 23.5. The van der Waals surface area contributed by atoms with Crippen molar-refractivity contribution in [3.63, 3.8) is 0 Å². The van der Waals surface area contributed by atoms with Crippen LogP contribution in [0.1, 0.15) is 11.8 Å². The van der Waals surface area contributed by atoms with Gasteiger partial charge in [-0.1, -0.05) is 0 Å². The minimum Gasteiger partial charge on any atom is -0.393 e. The zero-order chi connectivity index (χ0) is 12.4. The van der Waals surface area contributed by atoms with E-state index in [0.717, 1.165) is 4.57 Å². The summed E-state index contributed by atoms with van der Waals surface area (Å²) >= 11 is 1.36. The number of aromatic amines is 1. The molecule has 7 nitrogen and oxygen atoms in total. The van der Waals surface area contributed by atoms with E-state index in [1.54, 1.807) is 6.07 Å². The van der Waals surface area contributed by atoms with Crippen molar-refractivity contribution in [1.29, 1.82) is 5.26 Å². The van der Waals surface area contributed by atoms with Crippen molar-refractivity contribution in [3.8, 4) is 6.07 Å². The summed E-state index contributed by atoms with van der Waals surface area (Å²) in [4.78, 5) is 24.8. The molecule has 0 aliphatic carbocycles. The highest BCUT2D eigenvalue weighted by molar-refractivity contribution is 8.00. The molecule has 2 atom stereocenters. The second-order valence-electron chi connectivity index (χ2n) is 3.36. The molecule has 1 aliphatic heterocycles. The van der Waals surface area contributed by atoms with Gasteiger partial charge in [-0.3, -0.25) is 14.3 Å². The topological polar surface area (TPSA) is 108 Å². The standard InChI is InChI=1S/C9H9N3O4S/c10-1-5-2-12(9(15)11-8(5)14)6-4-17-7(3-13)16-6/h2,6-7,13H,3-4H2,(H,11,14,15)/t6-,7+/m1/s1. The molecule has 90 valence electrons. The maximum atomic E-state index is 11.5. The third kappa shape index (κ3) is 2.26. The minimum absolute atomic E-state index is 0.148. The summed E-state index contributed by atoms with van der Waals surface area (Å²) in [6.45, 7) is -0.148. The Bertz CT molecular complexity index is 573. The van der Waals surface area contributed by atoms with Crippen LogP contribution in [-0.4, -0.2) is 32.5 Å². The van der Waals surface area contributed by atoms with Crippen molar-refractivity contribution in [2.45, 2.75) is 11.7 Å². The summed E-state index contributed by atoms with van der Waals surface area (Å²) in [7, 11) is 0. The number of ether oxygens (including phenoxy) is 1. The molecule has 1 saturated heterocycles. The van der Waals surface area contributed by atoms with Gasteiger partial charge in [0, 0.05) is 11.9 Å². The minimum atomic E-state index is -0.710. The van der Waals surface area contributed by atoms with Crippen LogP contribution in [0, 0.1) is 11.3 Å². The molecule has 8 heteroatoms. The van der Waals surface area contributed by atoms with Gasteiger partial charge in [-0.15, -0.1) is 11.8 Å². The van der Waals surface area contributed by atoms with Crippen molar-refractivity contribution >= 4 is 11.8 Å². The van der Waals surface area contributed by atoms with Crippen molar-refractivity contribution in [2.24, 2.45) is 0 Å². The molecule has 2 N–H and O–H groups in total. The Hall–Kier alpha value is -1.56. The summed E-state index contributed by atoms with van der Waals surface area (Å²) in [5, 5.41) is 17.6. The number of rotatable bonds is 2. The number of hydrogen-bond acceptors (Lipinski definition) is 6. The Morgan fingerprint density at radius 2 is 2.47 bits per heavy atom. The lowest BCUT2D eigenvalue weighted by atomic mass is 10.3. The third-order valence-electron chi connectivity index (χ3n) is 2.28. The largest absolute Gasteiger partial charge is 0.393 e. The van der Waals surface area contributed by atoms with Gasteiger partial charge in [0.25, 0.3) is 5.56 Å². The Labute approximate surface area is 99.6 Å². The lowest BCUT2D eigenvalue weighted by molar-refractivity contribution is -0.00644. The first-order chi connectivity index (χ1) is 8.15. The predicted octanol–water partition coefficient (Wildman–Crippen LogP) is -1.01. The first kappa shape index (κ1) is 11.9. The maximum absolute atomic E-state index is 11.5. The molecule has 1 aromatic rings. The van der Waals surface area contributed by atoms with Crippen LogP contribution in [-0.2, 0) is 4.74 Å². The molecule has 1 aromatic heterocycles. The second kappa shape index (κ2) is 4.75. The van der Waals surface area contributed by atoms with Crippen LogP contribution >= 0.6 is 11.8 Å². The van der Waals surface area contributed by atoms with E-state index >= 15 is 0 Å². The van der Waals surface area contributed by atoms with E-state index in [1.807, 2.05) is 4.98 Å². The smallest absolute Gasteiger partial charge is 0.330 e. The zero-order valence-electron chi connectivity index (χ0n) is 8.62. The van der Waals surface area contributed by atoms with E-state index in [1.165, 1.54) is 18.0 Å². The molecule has 17 heavy (non-hydrogen) atoms. The molecule has 0 unspecified atom stereocenters. The average molecular weight is 255 g/mol. The molecule has 1 aliphatic rings. The van der Waals surface area contributed by atoms with Gasteiger partial charge in [-0.2, -0.15) is 5.26 Å². The van der Waals surface area contributed by atoms with Gasteiger partial charge < -0.3 is 9.84 Å². The molecule has 0 radical (unpaired) electrons. The highest BCUT2D eigenvalue weighted by Gasteiger charge is 2.27. The molecule has 2 heterocycles. The number of aliphatic hydroxyl groups is 1. The maximum Gasteiger partial charge on any atom is 0.330 e. The summed E-state index contributed by atoms with van der Waals surface area (Å²) < 4.78 is 6.52. The molecule has 0 spiro atoms. The molecule has 2 rings (SSSR count). The van der Waals surface area contributed by atoms with Gasteiger partial charge in [0.1, 0.15) is 23.3 Å². The number of nitriles is 1. The van der Waals surface area contributed by atoms with Gasteiger partial charge in [0.15, 0.2) is 0 Å². The van der Waals surface area contributed by atoms with Crippen molar-refractivity contribution in [1.82, 2.24) is 9.55 Å². The van der Waals surface area contributed by atoms with E-state index in [0.29, 0.717) is 5.75 Å². The van der Waals surface area contributed by atoms with Gasteiger partial charge >= 0.3 is 5.69 Å². The van der Waals surface area contributed by atoms with Crippen LogP contribution in [0.4, 0.5) is 0 Å².